The number of benzene rings is 3. The molecule has 0 radical (unpaired) electrons. The zero-order valence-corrected chi connectivity index (χ0v) is 17.0. The molecular weight excluding hydrogens is 366 g/mol. The lowest BCUT2D eigenvalue weighted by molar-refractivity contribution is -0.0493. The molecule has 3 aromatic rings. The molecule has 0 bridgehead atoms. The Hall–Kier alpha value is -2.68. The lowest BCUT2D eigenvalue weighted by atomic mass is 9.96. The van der Waals surface area contributed by atoms with Crippen molar-refractivity contribution in [2.24, 2.45) is 0 Å². The maximum atomic E-state index is 13.0. The van der Waals surface area contributed by atoms with Crippen molar-refractivity contribution in [3.8, 4) is 16.9 Å². The summed E-state index contributed by atoms with van der Waals surface area (Å²) in [6.07, 6.45) is 7.93. The molecule has 0 unspecified atom stereocenters. The lowest BCUT2D eigenvalue weighted by Crippen LogP contribution is -2.05. The van der Waals surface area contributed by atoms with Gasteiger partial charge in [0.2, 0.25) is 0 Å². The van der Waals surface area contributed by atoms with Gasteiger partial charge in [-0.15, -0.1) is 6.58 Å². The Morgan fingerprint density at radius 3 is 2.38 bits per heavy atom. The van der Waals surface area contributed by atoms with Gasteiger partial charge in [0.25, 0.3) is 0 Å². The van der Waals surface area contributed by atoms with Crippen LogP contribution in [-0.4, -0.2) is 6.61 Å². The number of allylic oxidation sites excluding steroid dienone is 1. The number of halogens is 2. The first-order chi connectivity index (χ1) is 14.1. The van der Waals surface area contributed by atoms with Gasteiger partial charge in [0.15, 0.2) is 0 Å². The second-order valence-corrected chi connectivity index (χ2v) is 7.35. The number of unbranched alkanes of at least 4 members (excludes halogenated alkanes) is 2. The first kappa shape index (κ1) is 21.0. The standard InChI is InChI=1S/C26H28F2O/c1-3-5-7-8-19-10-12-20(13-11-19)22-16-17-24-23(18-22)15-14-21(9-6-4-2)25(24)29-26(27)28/h4,10-18,26H,2-3,5-9H2,1H3. The van der Waals surface area contributed by atoms with Crippen molar-refractivity contribution in [3.63, 3.8) is 0 Å². The number of ether oxygens (including phenoxy) is 1. The minimum Gasteiger partial charge on any atom is -0.434 e. The molecule has 0 saturated carbocycles. The molecule has 0 aliphatic carbocycles. The van der Waals surface area contributed by atoms with Gasteiger partial charge in [-0.05, 0) is 59.4 Å². The molecule has 0 spiro atoms. The number of hydrogen-bond donors (Lipinski definition) is 0. The number of rotatable bonds is 10. The Balaban J connectivity index is 1.90. The summed E-state index contributed by atoms with van der Waals surface area (Å²) in [5.74, 6) is 0.275. The Morgan fingerprint density at radius 2 is 1.69 bits per heavy atom. The molecular formula is C26H28F2O. The van der Waals surface area contributed by atoms with E-state index in [-0.39, 0.29) is 5.75 Å². The SMILES string of the molecule is C=CCCc1ccc2cc(-c3ccc(CCCCC)cc3)ccc2c1OC(F)F. The summed E-state index contributed by atoms with van der Waals surface area (Å²) < 4.78 is 30.9. The smallest absolute Gasteiger partial charge is 0.387 e. The van der Waals surface area contributed by atoms with Crippen LogP contribution in [0.4, 0.5) is 8.78 Å². The minimum atomic E-state index is -2.84. The minimum absolute atomic E-state index is 0.275. The van der Waals surface area contributed by atoms with E-state index < -0.39 is 6.61 Å². The van der Waals surface area contributed by atoms with Crippen LogP contribution in [-0.2, 0) is 12.8 Å². The van der Waals surface area contributed by atoms with Crippen LogP contribution in [0.1, 0.15) is 43.7 Å². The van der Waals surface area contributed by atoms with E-state index in [1.807, 2.05) is 30.3 Å². The molecule has 0 atom stereocenters. The zero-order chi connectivity index (χ0) is 20.6. The maximum absolute atomic E-state index is 13.0. The highest BCUT2D eigenvalue weighted by Gasteiger charge is 2.14. The van der Waals surface area contributed by atoms with E-state index in [1.165, 1.54) is 24.8 Å². The van der Waals surface area contributed by atoms with Gasteiger partial charge in [-0.1, -0.05) is 74.4 Å². The predicted molar refractivity (Wildman–Crippen MR) is 118 cm³/mol. The van der Waals surface area contributed by atoms with Crippen LogP contribution >= 0.6 is 0 Å². The van der Waals surface area contributed by atoms with Gasteiger partial charge in [0, 0.05) is 5.39 Å². The highest BCUT2D eigenvalue weighted by molar-refractivity contribution is 5.93. The number of hydrogen-bond acceptors (Lipinski definition) is 1. The van der Waals surface area contributed by atoms with Crippen LogP contribution in [0, 0.1) is 0 Å². The van der Waals surface area contributed by atoms with Crippen molar-refractivity contribution in [1.82, 2.24) is 0 Å². The fourth-order valence-electron chi connectivity index (χ4n) is 3.65. The number of aryl methyl sites for hydroxylation is 2. The van der Waals surface area contributed by atoms with Gasteiger partial charge in [-0.2, -0.15) is 8.78 Å². The average Bonchev–Trinajstić information content (AvgIpc) is 2.73. The van der Waals surface area contributed by atoms with Gasteiger partial charge in [-0.25, -0.2) is 0 Å². The molecule has 1 nitrogen and oxygen atoms in total. The van der Waals surface area contributed by atoms with Crippen molar-refractivity contribution >= 4 is 10.8 Å². The molecule has 0 aromatic heterocycles. The van der Waals surface area contributed by atoms with E-state index in [0.29, 0.717) is 18.2 Å². The summed E-state index contributed by atoms with van der Waals surface area (Å²) >= 11 is 0. The molecule has 0 N–H and O–H groups in total. The maximum Gasteiger partial charge on any atom is 0.387 e. The number of fused-ring (bicyclic) bond motifs is 1. The van der Waals surface area contributed by atoms with Gasteiger partial charge < -0.3 is 4.74 Å². The summed E-state index contributed by atoms with van der Waals surface area (Å²) in [5.41, 5.74) is 4.32. The van der Waals surface area contributed by atoms with Crippen LogP contribution in [0.2, 0.25) is 0 Å². The summed E-state index contributed by atoms with van der Waals surface area (Å²) in [5, 5.41) is 1.61. The first-order valence-corrected chi connectivity index (χ1v) is 10.3. The third-order valence-corrected chi connectivity index (χ3v) is 5.23. The highest BCUT2D eigenvalue weighted by atomic mass is 19.3. The average molecular weight is 395 g/mol. The number of alkyl halides is 2. The van der Waals surface area contributed by atoms with Crippen molar-refractivity contribution in [2.45, 2.75) is 52.1 Å². The predicted octanol–water partition coefficient (Wildman–Crippen LogP) is 7.96. The lowest BCUT2D eigenvalue weighted by Gasteiger charge is -2.14. The summed E-state index contributed by atoms with van der Waals surface area (Å²) in [7, 11) is 0. The second-order valence-electron chi connectivity index (χ2n) is 7.35. The zero-order valence-electron chi connectivity index (χ0n) is 17.0. The largest absolute Gasteiger partial charge is 0.434 e. The molecule has 0 aliphatic rings. The second kappa shape index (κ2) is 10.2. The fraction of sp³-hybridized carbons (Fsp3) is 0.308. The molecule has 0 heterocycles. The third-order valence-electron chi connectivity index (χ3n) is 5.23. The summed E-state index contributed by atoms with van der Waals surface area (Å²) in [4.78, 5) is 0. The van der Waals surface area contributed by atoms with E-state index in [2.05, 4.69) is 37.8 Å². The monoisotopic (exact) mass is 394 g/mol. The molecule has 0 amide bonds. The van der Waals surface area contributed by atoms with Crippen LogP contribution < -0.4 is 4.74 Å². The summed E-state index contributed by atoms with van der Waals surface area (Å²) in [6.45, 7) is 3.08. The molecule has 152 valence electrons. The van der Waals surface area contributed by atoms with Crippen molar-refractivity contribution < 1.29 is 13.5 Å². The molecule has 0 aliphatic heterocycles. The van der Waals surface area contributed by atoms with E-state index in [1.54, 1.807) is 6.08 Å². The Bertz CT molecular complexity index is 945. The van der Waals surface area contributed by atoms with Crippen LogP contribution in [0.3, 0.4) is 0 Å². The van der Waals surface area contributed by atoms with E-state index in [4.69, 9.17) is 4.74 Å². The molecule has 3 rings (SSSR count). The van der Waals surface area contributed by atoms with Gasteiger partial charge in [0.05, 0.1) is 0 Å². The molecule has 0 saturated heterocycles. The van der Waals surface area contributed by atoms with Gasteiger partial charge >= 0.3 is 6.61 Å². The van der Waals surface area contributed by atoms with Gasteiger partial charge in [0.1, 0.15) is 5.75 Å². The Labute approximate surface area is 172 Å². The third kappa shape index (κ3) is 5.44. The fourth-order valence-corrected chi connectivity index (χ4v) is 3.65. The van der Waals surface area contributed by atoms with E-state index >= 15 is 0 Å². The topological polar surface area (TPSA) is 9.23 Å². The Morgan fingerprint density at radius 1 is 0.931 bits per heavy atom. The first-order valence-electron chi connectivity index (χ1n) is 10.3. The molecule has 29 heavy (non-hydrogen) atoms. The van der Waals surface area contributed by atoms with Crippen LogP contribution in [0.25, 0.3) is 21.9 Å². The normalized spacial score (nSPS) is 11.2. The van der Waals surface area contributed by atoms with Crippen molar-refractivity contribution in [1.29, 1.82) is 0 Å². The summed E-state index contributed by atoms with van der Waals surface area (Å²) in [6, 6.07) is 18.4. The van der Waals surface area contributed by atoms with Crippen LogP contribution in [0.15, 0.2) is 67.3 Å². The van der Waals surface area contributed by atoms with Crippen LogP contribution in [0.5, 0.6) is 5.75 Å². The quantitative estimate of drug-likeness (QED) is 0.250. The van der Waals surface area contributed by atoms with Crippen molar-refractivity contribution in [3.05, 3.63) is 78.4 Å². The highest BCUT2D eigenvalue weighted by Crippen LogP contribution is 2.35. The molecule has 0 fully saturated rings. The van der Waals surface area contributed by atoms with E-state index in [9.17, 15) is 8.78 Å². The van der Waals surface area contributed by atoms with Gasteiger partial charge in [-0.3, -0.25) is 0 Å². The van der Waals surface area contributed by atoms with E-state index in [0.717, 1.165) is 28.5 Å². The molecule has 3 aromatic carbocycles. The van der Waals surface area contributed by atoms with Crippen molar-refractivity contribution in [2.75, 3.05) is 0 Å². The molecule has 3 heteroatoms. The Kier molecular flexibility index (Phi) is 7.40.